The average molecular weight is 433 g/mol. The predicted octanol–water partition coefficient (Wildman–Crippen LogP) is 3.08. The number of carbonyl (C=O) groups is 1. The first kappa shape index (κ1) is 22.1. The van der Waals surface area contributed by atoms with Gasteiger partial charge in [0, 0.05) is 32.8 Å². The van der Waals surface area contributed by atoms with E-state index in [0.717, 1.165) is 25.0 Å². The minimum atomic E-state index is -3.89. The predicted molar refractivity (Wildman–Crippen MR) is 116 cm³/mol. The number of aryl methyl sites for hydroxylation is 1. The molecule has 0 bridgehead atoms. The zero-order valence-electron chi connectivity index (χ0n) is 17.8. The summed E-state index contributed by atoms with van der Waals surface area (Å²) >= 11 is 0. The Bertz CT molecular complexity index is 1020. The van der Waals surface area contributed by atoms with Gasteiger partial charge in [0.15, 0.2) is 0 Å². The smallest absolute Gasteiger partial charge is 0.264 e. The van der Waals surface area contributed by atoms with Crippen molar-refractivity contribution < 1.29 is 22.7 Å². The number of benzene rings is 2. The minimum Gasteiger partial charge on any atom is -0.495 e. The molecule has 0 spiro atoms. The lowest BCUT2D eigenvalue weighted by Crippen LogP contribution is -2.34. The summed E-state index contributed by atoms with van der Waals surface area (Å²) in [7, 11) is 0.789. The summed E-state index contributed by atoms with van der Waals surface area (Å²) in [5.74, 6) is 0.225. The Hall–Kier alpha value is -2.58. The van der Waals surface area contributed by atoms with Gasteiger partial charge in [-0.05, 0) is 49.6 Å². The molecule has 2 aromatic carbocycles. The largest absolute Gasteiger partial charge is 0.495 e. The Balaban J connectivity index is 1.90. The van der Waals surface area contributed by atoms with Gasteiger partial charge in [-0.1, -0.05) is 18.2 Å². The van der Waals surface area contributed by atoms with E-state index in [-0.39, 0.29) is 16.9 Å². The maximum absolute atomic E-state index is 13.3. The van der Waals surface area contributed by atoms with E-state index < -0.39 is 10.0 Å². The monoisotopic (exact) mass is 432 g/mol. The van der Waals surface area contributed by atoms with Crippen LogP contribution in [0.25, 0.3) is 0 Å². The average Bonchev–Trinajstić information content (AvgIpc) is 3.25. The number of amides is 1. The molecule has 0 aliphatic carbocycles. The molecule has 30 heavy (non-hydrogen) atoms. The van der Waals surface area contributed by atoms with Gasteiger partial charge < -0.3 is 14.4 Å². The van der Waals surface area contributed by atoms with Crippen LogP contribution in [0, 0.1) is 6.92 Å². The van der Waals surface area contributed by atoms with E-state index >= 15 is 0 Å². The first-order chi connectivity index (χ1) is 14.3. The van der Waals surface area contributed by atoms with E-state index in [2.05, 4.69) is 0 Å². The summed E-state index contributed by atoms with van der Waals surface area (Å²) in [6.07, 6.45) is 1.95. The lowest BCUT2D eigenvalue weighted by molar-refractivity contribution is 0.0586. The highest BCUT2D eigenvalue weighted by Gasteiger charge is 2.27. The van der Waals surface area contributed by atoms with Gasteiger partial charge in [0.1, 0.15) is 5.75 Å². The molecule has 1 aliphatic rings. The Morgan fingerprint density at radius 1 is 1.20 bits per heavy atom. The molecule has 1 heterocycles. The first-order valence-electron chi connectivity index (χ1n) is 9.85. The van der Waals surface area contributed by atoms with Crippen molar-refractivity contribution in [3.63, 3.8) is 0 Å². The van der Waals surface area contributed by atoms with E-state index in [1.54, 1.807) is 49.2 Å². The number of likely N-dealkylation sites (N-methyl/N-ethyl adjacent to an activating group) is 1. The van der Waals surface area contributed by atoms with Crippen LogP contribution in [-0.4, -0.2) is 59.7 Å². The third-order valence-corrected chi connectivity index (χ3v) is 7.14. The highest BCUT2D eigenvalue weighted by molar-refractivity contribution is 7.92. The molecule has 1 amide bonds. The number of para-hydroxylation sites is 2. The molecule has 1 aliphatic heterocycles. The fourth-order valence-electron chi connectivity index (χ4n) is 3.55. The molecule has 0 N–H and O–H groups in total. The van der Waals surface area contributed by atoms with Crippen molar-refractivity contribution in [3.8, 4) is 5.75 Å². The summed E-state index contributed by atoms with van der Waals surface area (Å²) < 4.78 is 38.6. The topological polar surface area (TPSA) is 76.2 Å². The number of methoxy groups -OCH3 is 1. The van der Waals surface area contributed by atoms with E-state index in [0.29, 0.717) is 23.5 Å². The molecule has 1 atom stereocenters. The Morgan fingerprint density at radius 2 is 1.93 bits per heavy atom. The number of ether oxygens (including phenoxy) is 2. The van der Waals surface area contributed by atoms with Gasteiger partial charge >= 0.3 is 0 Å². The van der Waals surface area contributed by atoms with Crippen molar-refractivity contribution in [1.29, 1.82) is 0 Å². The van der Waals surface area contributed by atoms with Crippen molar-refractivity contribution in [1.82, 2.24) is 4.90 Å². The number of rotatable bonds is 7. The summed E-state index contributed by atoms with van der Waals surface area (Å²) in [6, 6.07) is 11.5. The van der Waals surface area contributed by atoms with Crippen LogP contribution in [0.3, 0.4) is 0 Å². The molecular weight excluding hydrogens is 404 g/mol. The SMILES string of the molecule is COc1ccccc1N(C)S(=O)(=O)c1ccc(C)c(C(=O)N(C)CC2CCCO2)c1. The summed E-state index contributed by atoms with van der Waals surface area (Å²) in [4.78, 5) is 14.7. The quantitative estimate of drug-likeness (QED) is 0.672. The van der Waals surface area contributed by atoms with Crippen LogP contribution >= 0.6 is 0 Å². The molecule has 1 unspecified atom stereocenters. The van der Waals surface area contributed by atoms with E-state index in [1.807, 2.05) is 0 Å². The molecule has 2 aromatic rings. The Labute approximate surface area is 178 Å². The number of anilines is 1. The van der Waals surface area contributed by atoms with Gasteiger partial charge in [-0.2, -0.15) is 0 Å². The second kappa shape index (κ2) is 9.06. The molecule has 1 fully saturated rings. The molecule has 3 rings (SSSR count). The van der Waals surface area contributed by atoms with E-state index in [1.165, 1.54) is 30.6 Å². The van der Waals surface area contributed by atoms with Gasteiger partial charge in [-0.15, -0.1) is 0 Å². The number of nitrogens with zero attached hydrogens (tertiary/aromatic N) is 2. The van der Waals surface area contributed by atoms with Crippen molar-refractivity contribution in [3.05, 3.63) is 53.6 Å². The van der Waals surface area contributed by atoms with Crippen molar-refractivity contribution >= 4 is 21.6 Å². The number of sulfonamides is 1. The molecule has 8 heteroatoms. The number of carbonyl (C=O) groups excluding carboxylic acids is 1. The first-order valence-corrected chi connectivity index (χ1v) is 11.3. The molecular formula is C22H28N2O5S. The minimum absolute atomic E-state index is 0.0304. The zero-order chi connectivity index (χ0) is 21.9. The van der Waals surface area contributed by atoms with Crippen molar-refractivity contribution in [2.75, 3.05) is 38.7 Å². The Morgan fingerprint density at radius 3 is 2.60 bits per heavy atom. The second-order valence-corrected chi connectivity index (χ2v) is 9.41. The van der Waals surface area contributed by atoms with Crippen LogP contribution in [-0.2, 0) is 14.8 Å². The normalized spacial score (nSPS) is 16.3. The van der Waals surface area contributed by atoms with Gasteiger partial charge in [-0.25, -0.2) is 8.42 Å². The van der Waals surface area contributed by atoms with Gasteiger partial charge in [-0.3, -0.25) is 9.10 Å². The zero-order valence-corrected chi connectivity index (χ0v) is 18.6. The number of hydrogen-bond donors (Lipinski definition) is 0. The summed E-state index contributed by atoms with van der Waals surface area (Å²) in [6.45, 7) is 3.00. The molecule has 0 saturated carbocycles. The maximum atomic E-state index is 13.3. The standard InChI is InChI=1S/C22H28N2O5S/c1-16-11-12-18(14-19(16)22(25)23(2)15-17-8-7-13-29-17)30(26,27)24(3)20-9-5-6-10-21(20)28-4/h5-6,9-12,14,17H,7-8,13,15H2,1-4H3. The van der Waals surface area contributed by atoms with E-state index in [4.69, 9.17) is 9.47 Å². The third-order valence-electron chi connectivity index (χ3n) is 5.37. The molecule has 7 nitrogen and oxygen atoms in total. The lowest BCUT2D eigenvalue weighted by Gasteiger charge is -2.24. The van der Waals surface area contributed by atoms with Crippen LogP contribution < -0.4 is 9.04 Å². The fourth-order valence-corrected chi connectivity index (χ4v) is 4.78. The molecule has 0 radical (unpaired) electrons. The summed E-state index contributed by atoms with van der Waals surface area (Å²) in [5, 5.41) is 0. The van der Waals surface area contributed by atoms with Crippen LogP contribution in [0.4, 0.5) is 5.69 Å². The van der Waals surface area contributed by atoms with Crippen LogP contribution in [0.15, 0.2) is 47.4 Å². The molecule has 1 saturated heterocycles. The molecule has 0 aromatic heterocycles. The lowest BCUT2D eigenvalue weighted by atomic mass is 10.1. The van der Waals surface area contributed by atoms with Gasteiger partial charge in [0.05, 0.1) is 23.8 Å². The van der Waals surface area contributed by atoms with Crippen LogP contribution in [0.5, 0.6) is 5.75 Å². The highest BCUT2D eigenvalue weighted by Crippen LogP contribution is 2.31. The van der Waals surface area contributed by atoms with Crippen molar-refractivity contribution in [2.24, 2.45) is 0 Å². The molecule has 162 valence electrons. The van der Waals surface area contributed by atoms with E-state index in [9.17, 15) is 13.2 Å². The number of hydrogen-bond acceptors (Lipinski definition) is 5. The fraction of sp³-hybridized carbons (Fsp3) is 0.409. The van der Waals surface area contributed by atoms with Gasteiger partial charge in [0.25, 0.3) is 15.9 Å². The van der Waals surface area contributed by atoms with Crippen LogP contribution in [0.2, 0.25) is 0 Å². The Kier molecular flexibility index (Phi) is 6.67. The van der Waals surface area contributed by atoms with Gasteiger partial charge in [0.2, 0.25) is 0 Å². The second-order valence-electron chi connectivity index (χ2n) is 7.44. The summed E-state index contributed by atoms with van der Waals surface area (Å²) in [5.41, 5.74) is 1.51. The third kappa shape index (κ3) is 4.44. The van der Waals surface area contributed by atoms with Crippen LogP contribution in [0.1, 0.15) is 28.8 Å². The maximum Gasteiger partial charge on any atom is 0.264 e. The van der Waals surface area contributed by atoms with Crippen molar-refractivity contribution in [2.45, 2.75) is 30.8 Å². The highest BCUT2D eigenvalue weighted by atomic mass is 32.2.